The summed E-state index contributed by atoms with van der Waals surface area (Å²) in [5.74, 6) is 0. The molecule has 0 aromatic carbocycles. The smallest absolute Gasteiger partial charge is 0.404 e. The zero-order chi connectivity index (χ0) is 10.8. The Morgan fingerprint density at radius 2 is 2.14 bits per heavy atom. The zero-order valence-corrected chi connectivity index (χ0v) is 8.95. The largest absolute Gasteiger partial charge is 0.444 e. The molecule has 0 aromatic heterocycles. The molecule has 0 unspecified atom stereocenters. The van der Waals surface area contributed by atoms with Gasteiger partial charge in [-0.05, 0) is 13.8 Å². The van der Waals surface area contributed by atoms with Crippen molar-refractivity contribution >= 4 is 6.09 Å². The van der Waals surface area contributed by atoms with Crippen LogP contribution in [0.2, 0.25) is 0 Å². The average Bonchev–Trinajstić information content (AvgIpc) is 1.99. The van der Waals surface area contributed by atoms with Gasteiger partial charge in [-0.1, -0.05) is 0 Å². The Hall–Kier alpha value is -0.810. The van der Waals surface area contributed by atoms with E-state index in [0.717, 1.165) is 19.6 Å². The fourth-order valence-corrected chi connectivity index (χ4v) is 1.49. The Balaban J connectivity index is 2.19. The van der Waals surface area contributed by atoms with Gasteiger partial charge in [0.25, 0.3) is 0 Å². The molecule has 0 aliphatic carbocycles. The topological polar surface area (TPSA) is 64.8 Å². The summed E-state index contributed by atoms with van der Waals surface area (Å²) in [6.45, 7) is 6.37. The highest BCUT2D eigenvalue weighted by Crippen LogP contribution is 2.17. The Bertz CT molecular complexity index is 212. The van der Waals surface area contributed by atoms with Crippen molar-refractivity contribution in [2.24, 2.45) is 5.73 Å². The van der Waals surface area contributed by atoms with E-state index in [2.05, 4.69) is 4.90 Å². The summed E-state index contributed by atoms with van der Waals surface area (Å²) in [7, 11) is 1.69. The molecule has 1 heterocycles. The average molecular weight is 202 g/mol. The summed E-state index contributed by atoms with van der Waals surface area (Å²) in [5, 5.41) is 0. The molecular weight excluding hydrogens is 184 g/mol. The van der Waals surface area contributed by atoms with Crippen molar-refractivity contribution < 1.29 is 14.3 Å². The molecule has 0 saturated carbocycles. The third kappa shape index (κ3) is 3.16. The first kappa shape index (κ1) is 11.3. The minimum Gasteiger partial charge on any atom is -0.444 e. The molecule has 14 heavy (non-hydrogen) atoms. The number of methoxy groups -OCH3 is 1. The highest BCUT2D eigenvalue weighted by molar-refractivity contribution is 5.64. The van der Waals surface area contributed by atoms with Crippen molar-refractivity contribution in [1.82, 2.24) is 4.90 Å². The maximum absolute atomic E-state index is 10.4. The van der Waals surface area contributed by atoms with Crippen molar-refractivity contribution in [2.45, 2.75) is 25.6 Å². The molecule has 0 radical (unpaired) electrons. The van der Waals surface area contributed by atoms with E-state index in [1.54, 1.807) is 7.11 Å². The van der Waals surface area contributed by atoms with Crippen LogP contribution in [0.15, 0.2) is 0 Å². The molecule has 2 N–H and O–H groups in total. The highest BCUT2D eigenvalue weighted by Gasteiger charge is 2.33. The molecule has 1 aliphatic heterocycles. The van der Waals surface area contributed by atoms with Crippen molar-refractivity contribution in [3.63, 3.8) is 0 Å². The number of ether oxygens (including phenoxy) is 2. The van der Waals surface area contributed by atoms with Crippen LogP contribution < -0.4 is 5.73 Å². The van der Waals surface area contributed by atoms with Gasteiger partial charge in [0.05, 0.1) is 5.60 Å². The van der Waals surface area contributed by atoms with Gasteiger partial charge in [-0.2, -0.15) is 0 Å². The summed E-state index contributed by atoms with van der Waals surface area (Å²) in [4.78, 5) is 12.6. The third-order valence-corrected chi connectivity index (χ3v) is 2.36. The van der Waals surface area contributed by atoms with E-state index in [0.29, 0.717) is 0 Å². The number of nitrogens with two attached hydrogens (primary N) is 1. The van der Waals surface area contributed by atoms with Crippen LogP contribution >= 0.6 is 0 Å². The Kier molecular flexibility index (Phi) is 3.34. The molecule has 1 aliphatic rings. The second-order valence-corrected chi connectivity index (χ2v) is 4.22. The van der Waals surface area contributed by atoms with Gasteiger partial charge in [0.1, 0.15) is 6.10 Å². The van der Waals surface area contributed by atoms with Crippen molar-refractivity contribution in [2.75, 3.05) is 26.7 Å². The molecule has 0 atom stereocenters. The van der Waals surface area contributed by atoms with Gasteiger partial charge in [-0.3, -0.25) is 4.90 Å². The van der Waals surface area contributed by atoms with Gasteiger partial charge in [-0.25, -0.2) is 4.79 Å². The molecule has 0 spiro atoms. The predicted molar refractivity (Wildman–Crippen MR) is 52.0 cm³/mol. The molecule has 0 aromatic rings. The summed E-state index contributed by atoms with van der Waals surface area (Å²) >= 11 is 0. The fraction of sp³-hybridized carbons (Fsp3) is 0.889. The van der Waals surface area contributed by atoms with E-state index >= 15 is 0 Å². The number of rotatable bonds is 4. The van der Waals surface area contributed by atoms with E-state index in [1.807, 2.05) is 13.8 Å². The normalized spacial score (nSPS) is 19.1. The molecule has 82 valence electrons. The van der Waals surface area contributed by atoms with Crippen LogP contribution in [-0.2, 0) is 9.47 Å². The van der Waals surface area contributed by atoms with Crippen LogP contribution in [0.4, 0.5) is 4.79 Å². The van der Waals surface area contributed by atoms with Crippen molar-refractivity contribution in [3.8, 4) is 0 Å². The van der Waals surface area contributed by atoms with Gasteiger partial charge in [-0.15, -0.1) is 0 Å². The lowest BCUT2D eigenvalue weighted by atomic mass is 10.1. The summed E-state index contributed by atoms with van der Waals surface area (Å²) in [6, 6.07) is 0. The second kappa shape index (κ2) is 4.14. The zero-order valence-electron chi connectivity index (χ0n) is 8.95. The summed E-state index contributed by atoms with van der Waals surface area (Å²) in [5.41, 5.74) is 4.74. The van der Waals surface area contributed by atoms with E-state index in [-0.39, 0.29) is 11.7 Å². The lowest BCUT2D eigenvalue weighted by molar-refractivity contribution is -0.0652. The van der Waals surface area contributed by atoms with Crippen LogP contribution in [0.1, 0.15) is 13.8 Å². The number of hydrogen-bond acceptors (Lipinski definition) is 4. The van der Waals surface area contributed by atoms with E-state index in [4.69, 9.17) is 15.2 Å². The van der Waals surface area contributed by atoms with Gasteiger partial charge in [0.2, 0.25) is 0 Å². The molecular formula is C9H18N2O3. The highest BCUT2D eigenvalue weighted by atomic mass is 16.6. The Morgan fingerprint density at radius 3 is 2.57 bits per heavy atom. The quantitative estimate of drug-likeness (QED) is 0.707. The second-order valence-electron chi connectivity index (χ2n) is 4.22. The fourth-order valence-electron chi connectivity index (χ4n) is 1.49. The number of likely N-dealkylation sites (tertiary alicyclic amines) is 1. The first-order chi connectivity index (χ1) is 6.43. The Morgan fingerprint density at radius 1 is 1.57 bits per heavy atom. The van der Waals surface area contributed by atoms with E-state index in [9.17, 15) is 4.79 Å². The van der Waals surface area contributed by atoms with Gasteiger partial charge in [0, 0.05) is 26.7 Å². The van der Waals surface area contributed by atoms with Gasteiger partial charge < -0.3 is 15.2 Å². The number of nitrogens with zero attached hydrogens (tertiary/aromatic N) is 1. The number of hydrogen-bond donors (Lipinski definition) is 1. The van der Waals surface area contributed by atoms with Crippen molar-refractivity contribution in [1.29, 1.82) is 0 Å². The van der Waals surface area contributed by atoms with Gasteiger partial charge in [0.15, 0.2) is 0 Å². The summed E-state index contributed by atoms with van der Waals surface area (Å²) in [6.07, 6.45) is -0.735. The molecule has 1 rings (SSSR count). The molecule has 5 nitrogen and oxygen atoms in total. The number of primary amides is 1. The van der Waals surface area contributed by atoms with Crippen LogP contribution in [0, 0.1) is 0 Å². The van der Waals surface area contributed by atoms with Crippen LogP contribution in [0.3, 0.4) is 0 Å². The standard InChI is InChI=1S/C9H18N2O3/c1-9(2,13-3)6-11-4-7(5-11)14-8(10)12/h7H,4-6H2,1-3H3,(H2,10,12). The molecule has 5 heteroatoms. The lowest BCUT2D eigenvalue weighted by Gasteiger charge is -2.41. The minimum atomic E-state index is -0.694. The SMILES string of the molecule is COC(C)(C)CN1CC(OC(N)=O)C1. The lowest BCUT2D eigenvalue weighted by Crippen LogP contribution is -2.57. The first-order valence-corrected chi connectivity index (χ1v) is 4.66. The van der Waals surface area contributed by atoms with Crippen LogP contribution in [-0.4, -0.2) is 49.4 Å². The maximum atomic E-state index is 10.4. The number of carbonyl (C=O) groups is 1. The summed E-state index contributed by atoms with van der Waals surface area (Å²) < 4.78 is 10.1. The molecule has 1 fully saturated rings. The monoisotopic (exact) mass is 202 g/mol. The van der Waals surface area contributed by atoms with Crippen LogP contribution in [0.25, 0.3) is 0 Å². The minimum absolute atomic E-state index is 0.0415. The Labute approximate surface area is 84.1 Å². The number of amides is 1. The predicted octanol–water partition coefficient (Wildman–Crippen LogP) is 0.191. The maximum Gasteiger partial charge on any atom is 0.404 e. The number of carbonyl (C=O) groups excluding carboxylic acids is 1. The van der Waals surface area contributed by atoms with Crippen molar-refractivity contribution in [3.05, 3.63) is 0 Å². The van der Waals surface area contributed by atoms with Gasteiger partial charge >= 0.3 is 6.09 Å². The third-order valence-electron chi connectivity index (χ3n) is 2.36. The molecule has 1 amide bonds. The van der Waals surface area contributed by atoms with E-state index in [1.165, 1.54) is 0 Å². The van der Waals surface area contributed by atoms with E-state index < -0.39 is 6.09 Å². The van der Waals surface area contributed by atoms with Crippen LogP contribution in [0.5, 0.6) is 0 Å². The first-order valence-electron chi connectivity index (χ1n) is 4.66. The molecule has 0 bridgehead atoms. The molecule has 1 saturated heterocycles.